The predicted molar refractivity (Wildman–Crippen MR) is 150 cm³/mol. The first-order valence-electron chi connectivity index (χ1n) is 13.7. The highest BCUT2D eigenvalue weighted by Gasteiger charge is 2.24. The Morgan fingerprint density at radius 3 is 2.22 bits per heavy atom. The van der Waals surface area contributed by atoms with E-state index in [1.165, 1.54) is 0 Å². The third kappa shape index (κ3) is 12.9. The van der Waals surface area contributed by atoms with Crippen molar-refractivity contribution in [2.24, 2.45) is 29.4 Å². The Bertz CT molecular complexity index is 762. The Balaban J connectivity index is 2.75. The summed E-state index contributed by atoms with van der Waals surface area (Å²) in [5.41, 5.74) is 7.57. The van der Waals surface area contributed by atoms with Crippen LogP contribution in [0.1, 0.15) is 59.9 Å². The van der Waals surface area contributed by atoms with Crippen molar-refractivity contribution < 1.29 is 24.1 Å². The second-order valence-corrected chi connectivity index (χ2v) is 11.2. The highest BCUT2D eigenvalue weighted by atomic mass is 16.5. The molecule has 0 saturated carbocycles. The Hall–Kier alpha value is -2.03. The minimum atomic E-state index is -0.819. The van der Waals surface area contributed by atoms with Gasteiger partial charge in [0, 0.05) is 45.8 Å². The first kappa shape index (κ1) is 33.0. The van der Waals surface area contributed by atoms with Gasteiger partial charge in [0.05, 0.1) is 19.8 Å². The molecule has 8 nitrogen and oxygen atoms in total. The molecular formula is C29H53N3O5. The van der Waals surface area contributed by atoms with Gasteiger partial charge in [0.1, 0.15) is 0 Å². The summed E-state index contributed by atoms with van der Waals surface area (Å²) < 4.78 is 16.5. The minimum Gasteiger partial charge on any atom is -0.493 e. The fourth-order valence-corrected chi connectivity index (χ4v) is 4.32. The number of urea groups is 1. The number of benzene rings is 1. The number of nitrogens with two attached hydrogens (primary N) is 1. The quantitative estimate of drug-likeness (QED) is 0.247. The number of nitrogens with zero attached hydrogens (tertiary/aromatic N) is 1. The Morgan fingerprint density at radius 2 is 1.68 bits per heavy atom. The summed E-state index contributed by atoms with van der Waals surface area (Å²) in [5.74, 6) is 2.80. The van der Waals surface area contributed by atoms with Gasteiger partial charge >= 0.3 is 6.03 Å². The highest BCUT2D eigenvalue weighted by molar-refractivity contribution is 5.74. The number of aliphatic hydroxyl groups is 1. The van der Waals surface area contributed by atoms with Crippen LogP contribution in [0.3, 0.4) is 0 Å². The molecule has 4 N–H and O–H groups in total. The number of amides is 2. The van der Waals surface area contributed by atoms with Crippen LogP contribution < -0.4 is 20.5 Å². The van der Waals surface area contributed by atoms with Crippen molar-refractivity contribution in [1.29, 1.82) is 0 Å². The number of aliphatic hydroxyl groups excluding tert-OH is 1. The third-order valence-electron chi connectivity index (χ3n) is 6.41. The largest absolute Gasteiger partial charge is 0.493 e. The van der Waals surface area contributed by atoms with Gasteiger partial charge in [-0.1, -0.05) is 47.6 Å². The van der Waals surface area contributed by atoms with Gasteiger partial charge in [-0.15, -0.1) is 0 Å². The van der Waals surface area contributed by atoms with E-state index < -0.39 is 12.1 Å². The Kier molecular flexibility index (Phi) is 15.6. The second-order valence-electron chi connectivity index (χ2n) is 11.2. The van der Waals surface area contributed by atoms with Gasteiger partial charge in [-0.2, -0.15) is 0 Å². The lowest BCUT2D eigenvalue weighted by Crippen LogP contribution is -2.49. The maximum absolute atomic E-state index is 12.7. The molecule has 0 unspecified atom stereocenters. The molecule has 2 amide bonds. The van der Waals surface area contributed by atoms with Crippen molar-refractivity contribution in [3.05, 3.63) is 23.8 Å². The highest BCUT2D eigenvalue weighted by Crippen LogP contribution is 2.31. The summed E-state index contributed by atoms with van der Waals surface area (Å²) in [6.07, 6.45) is 1.43. The van der Waals surface area contributed by atoms with Crippen LogP contribution in [0.5, 0.6) is 11.5 Å². The molecule has 0 aliphatic heterocycles. The van der Waals surface area contributed by atoms with E-state index in [-0.39, 0.29) is 18.5 Å². The molecule has 1 aromatic carbocycles. The molecule has 0 aliphatic carbocycles. The van der Waals surface area contributed by atoms with E-state index in [9.17, 15) is 9.90 Å². The van der Waals surface area contributed by atoms with Gasteiger partial charge in [-0.25, -0.2) is 4.79 Å². The summed E-state index contributed by atoms with van der Waals surface area (Å²) in [4.78, 5) is 14.6. The number of ether oxygens (including phenoxy) is 3. The fraction of sp³-hybridized carbons (Fsp3) is 0.759. The molecule has 1 aromatic rings. The predicted octanol–water partition coefficient (Wildman–Crippen LogP) is 4.33. The van der Waals surface area contributed by atoms with E-state index in [2.05, 4.69) is 52.9 Å². The first-order valence-corrected chi connectivity index (χ1v) is 13.7. The van der Waals surface area contributed by atoms with Gasteiger partial charge in [-0.05, 0) is 54.2 Å². The monoisotopic (exact) mass is 523 g/mol. The topological polar surface area (TPSA) is 106 Å². The normalized spacial score (nSPS) is 14.1. The summed E-state index contributed by atoms with van der Waals surface area (Å²) >= 11 is 0. The fourth-order valence-electron chi connectivity index (χ4n) is 4.32. The molecular weight excluding hydrogens is 470 g/mol. The number of hydrogen-bond donors (Lipinski definition) is 3. The number of nitrogens with one attached hydrogen (secondary N) is 1. The van der Waals surface area contributed by atoms with Crippen molar-refractivity contribution in [3.8, 4) is 11.5 Å². The van der Waals surface area contributed by atoms with Gasteiger partial charge in [0.15, 0.2) is 11.5 Å². The van der Waals surface area contributed by atoms with E-state index in [1.54, 1.807) is 14.2 Å². The molecule has 3 atom stereocenters. The molecule has 0 radical (unpaired) electrons. The number of methoxy groups -OCH3 is 2. The lowest BCUT2D eigenvalue weighted by Gasteiger charge is -2.29. The SMILES string of the molecule is COCCCOc1cc(C[C@@H](C[C@H](N)[C@@H](O)CNC(=O)N(CC(C)C)CC(C)C)C(C)C)ccc1OC. The smallest absolute Gasteiger partial charge is 0.317 e. The van der Waals surface area contributed by atoms with Crippen LogP contribution in [0.4, 0.5) is 4.79 Å². The molecule has 0 bridgehead atoms. The Morgan fingerprint density at radius 1 is 1.03 bits per heavy atom. The van der Waals surface area contributed by atoms with E-state index in [1.807, 2.05) is 17.0 Å². The molecule has 214 valence electrons. The van der Waals surface area contributed by atoms with Crippen molar-refractivity contribution in [1.82, 2.24) is 10.2 Å². The second kappa shape index (κ2) is 17.5. The summed E-state index contributed by atoms with van der Waals surface area (Å²) in [7, 11) is 3.31. The van der Waals surface area contributed by atoms with Gasteiger partial charge < -0.3 is 35.3 Å². The van der Waals surface area contributed by atoms with Crippen LogP contribution in [-0.2, 0) is 11.2 Å². The summed E-state index contributed by atoms with van der Waals surface area (Å²) in [6, 6.07) is 5.42. The summed E-state index contributed by atoms with van der Waals surface area (Å²) in [5, 5.41) is 13.6. The first-order chi connectivity index (χ1) is 17.5. The lowest BCUT2D eigenvalue weighted by molar-refractivity contribution is 0.120. The molecule has 0 fully saturated rings. The van der Waals surface area contributed by atoms with Crippen molar-refractivity contribution in [2.45, 2.75) is 73.0 Å². The number of carbonyl (C=O) groups excluding carboxylic acids is 1. The average Bonchev–Trinajstić information content (AvgIpc) is 2.83. The molecule has 37 heavy (non-hydrogen) atoms. The zero-order valence-electron chi connectivity index (χ0n) is 24.5. The number of hydrogen-bond acceptors (Lipinski definition) is 6. The minimum absolute atomic E-state index is 0.138. The van der Waals surface area contributed by atoms with Crippen LogP contribution in [0, 0.1) is 23.7 Å². The Labute approximate surface area is 225 Å². The van der Waals surface area contributed by atoms with E-state index in [0.717, 1.165) is 24.2 Å². The molecule has 0 spiro atoms. The van der Waals surface area contributed by atoms with Crippen molar-refractivity contribution in [3.63, 3.8) is 0 Å². The van der Waals surface area contributed by atoms with Crippen LogP contribution >= 0.6 is 0 Å². The lowest BCUT2D eigenvalue weighted by atomic mass is 9.83. The standard InChI is InChI=1S/C29H53N3O5/c1-20(2)18-32(19-21(3)4)29(34)31-17-26(33)25(30)16-24(22(5)6)14-23-10-11-27(36-8)28(15-23)37-13-9-12-35-7/h10-11,15,20-22,24-26,33H,9,12-14,16-19,30H2,1-8H3,(H,31,34)/t24-,25-,26-/m0/s1. The molecule has 1 rings (SSSR count). The van der Waals surface area contributed by atoms with Crippen molar-refractivity contribution >= 4 is 6.03 Å². The number of rotatable bonds is 18. The van der Waals surface area contributed by atoms with Crippen LogP contribution in [0.25, 0.3) is 0 Å². The molecule has 0 aromatic heterocycles. The zero-order chi connectivity index (χ0) is 28.0. The van der Waals surface area contributed by atoms with Gasteiger partial charge in [-0.3, -0.25) is 0 Å². The summed E-state index contributed by atoms with van der Waals surface area (Å²) in [6.45, 7) is 15.4. The molecule has 0 aliphatic rings. The number of carbonyl (C=O) groups is 1. The van der Waals surface area contributed by atoms with Crippen molar-refractivity contribution in [2.75, 3.05) is 47.1 Å². The maximum atomic E-state index is 12.7. The van der Waals surface area contributed by atoms with Gasteiger partial charge in [0.25, 0.3) is 0 Å². The molecule has 0 saturated heterocycles. The van der Waals surface area contributed by atoms with Crippen LogP contribution in [0.15, 0.2) is 18.2 Å². The third-order valence-corrected chi connectivity index (χ3v) is 6.41. The zero-order valence-corrected chi connectivity index (χ0v) is 24.5. The van der Waals surface area contributed by atoms with Crippen LogP contribution in [0.2, 0.25) is 0 Å². The van der Waals surface area contributed by atoms with Gasteiger partial charge in [0.2, 0.25) is 0 Å². The van der Waals surface area contributed by atoms with Crippen LogP contribution in [-0.4, -0.2) is 75.3 Å². The maximum Gasteiger partial charge on any atom is 0.317 e. The average molecular weight is 524 g/mol. The van der Waals surface area contributed by atoms with E-state index in [4.69, 9.17) is 19.9 Å². The van der Waals surface area contributed by atoms with E-state index in [0.29, 0.717) is 56.2 Å². The molecule has 8 heteroatoms. The molecule has 0 heterocycles. The van der Waals surface area contributed by atoms with E-state index >= 15 is 0 Å².